The molecule has 2 amide bonds. The Morgan fingerprint density at radius 1 is 1.33 bits per heavy atom. The molecule has 0 radical (unpaired) electrons. The number of nitrogens with one attached hydrogen (secondary N) is 1. The van der Waals surface area contributed by atoms with E-state index in [9.17, 15) is 14.0 Å². The summed E-state index contributed by atoms with van der Waals surface area (Å²) in [6.45, 7) is 2.91. The molecule has 1 saturated heterocycles. The van der Waals surface area contributed by atoms with Gasteiger partial charge in [0.05, 0.1) is 12.6 Å². The fourth-order valence-corrected chi connectivity index (χ4v) is 2.64. The molecular formula is C17H24FN3O3. The molecule has 0 aliphatic carbocycles. The quantitative estimate of drug-likeness (QED) is 0.771. The van der Waals surface area contributed by atoms with E-state index >= 15 is 0 Å². The van der Waals surface area contributed by atoms with Gasteiger partial charge in [-0.05, 0) is 37.5 Å². The van der Waals surface area contributed by atoms with Crippen LogP contribution in [-0.2, 0) is 20.9 Å². The van der Waals surface area contributed by atoms with Gasteiger partial charge in [-0.25, -0.2) is 4.39 Å². The standard InChI is InChI=1S/C17H24FN3O3/c1-2-21(17(23)15-8-7-14(9-19)24-15)11-16(22)20-10-12-3-5-13(18)6-4-12/h3-6,14-15H,2,7-11,19H2,1H3,(H,20,22)/t14-,15+/m1/s1. The maximum Gasteiger partial charge on any atom is 0.252 e. The van der Waals surface area contributed by atoms with E-state index in [1.54, 1.807) is 12.1 Å². The summed E-state index contributed by atoms with van der Waals surface area (Å²) >= 11 is 0. The largest absolute Gasteiger partial charge is 0.364 e. The van der Waals surface area contributed by atoms with Gasteiger partial charge in [0.15, 0.2) is 0 Å². The first-order valence-corrected chi connectivity index (χ1v) is 8.19. The third kappa shape index (κ3) is 5.01. The zero-order chi connectivity index (χ0) is 17.5. The van der Waals surface area contributed by atoms with Crippen molar-refractivity contribution in [1.82, 2.24) is 10.2 Å². The summed E-state index contributed by atoms with van der Waals surface area (Å²) in [5.74, 6) is -0.756. The monoisotopic (exact) mass is 337 g/mol. The average Bonchev–Trinajstić information content (AvgIpc) is 3.07. The molecule has 2 rings (SSSR count). The predicted octanol–water partition coefficient (Wildman–Crippen LogP) is 0.797. The number of ether oxygens (including phenoxy) is 1. The number of amides is 2. The molecular weight excluding hydrogens is 313 g/mol. The van der Waals surface area contributed by atoms with Gasteiger partial charge in [0.1, 0.15) is 11.9 Å². The van der Waals surface area contributed by atoms with E-state index in [2.05, 4.69) is 5.32 Å². The topological polar surface area (TPSA) is 84.7 Å². The molecule has 132 valence electrons. The Bertz CT molecular complexity index is 565. The molecule has 7 heteroatoms. The number of rotatable bonds is 7. The van der Waals surface area contributed by atoms with Crippen LogP contribution in [0.1, 0.15) is 25.3 Å². The number of carbonyl (C=O) groups is 2. The first-order valence-electron chi connectivity index (χ1n) is 8.19. The number of hydrogen-bond donors (Lipinski definition) is 2. The molecule has 1 fully saturated rings. The summed E-state index contributed by atoms with van der Waals surface area (Å²) in [6.07, 6.45) is 0.809. The zero-order valence-electron chi connectivity index (χ0n) is 13.8. The van der Waals surface area contributed by atoms with E-state index in [0.29, 0.717) is 26.1 Å². The molecule has 24 heavy (non-hydrogen) atoms. The Morgan fingerprint density at radius 2 is 2.04 bits per heavy atom. The summed E-state index contributed by atoms with van der Waals surface area (Å²) in [5.41, 5.74) is 6.35. The molecule has 0 aromatic heterocycles. The maximum absolute atomic E-state index is 12.8. The van der Waals surface area contributed by atoms with Gasteiger partial charge < -0.3 is 20.7 Å². The maximum atomic E-state index is 12.8. The molecule has 2 atom stereocenters. The van der Waals surface area contributed by atoms with Crippen LogP contribution >= 0.6 is 0 Å². The normalized spacial score (nSPS) is 20.0. The van der Waals surface area contributed by atoms with Crippen molar-refractivity contribution in [1.29, 1.82) is 0 Å². The Labute approximate surface area is 141 Å². The smallest absolute Gasteiger partial charge is 0.252 e. The fourth-order valence-electron chi connectivity index (χ4n) is 2.64. The van der Waals surface area contributed by atoms with Crippen LogP contribution < -0.4 is 11.1 Å². The van der Waals surface area contributed by atoms with Crippen LogP contribution in [0.4, 0.5) is 4.39 Å². The van der Waals surface area contributed by atoms with Crippen LogP contribution in [0.15, 0.2) is 24.3 Å². The molecule has 0 unspecified atom stereocenters. The third-order valence-corrected chi connectivity index (χ3v) is 4.08. The summed E-state index contributed by atoms with van der Waals surface area (Å²) < 4.78 is 18.4. The Balaban J connectivity index is 1.81. The number of halogens is 1. The van der Waals surface area contributed by atoms with Gasteiger partial charge in [-0.2, -0.15) is 0 Å². The summed E-state index contributed by atoms with van der Waals surface area (Å²) in [7, 11) is 0. The van der Waals surface area contributed by atoms with Gasteiger partial charge in [0.2, 0.25) is 5.91 Å². The molecule has 3 N–H and O–H groups in total. The van der Waals surface area contributed by atoms with Crippen LogP contribution in [0.2, 0.25) is 0 Å². The first kappa shape index (κ1) is 18.4. The van der Waals surface area contributed by atoms with E-state index in [1.165, 1.54) is 17.0 Å². The van der Waals surface area contributed by atoms with Crippen molar-refractivity contribution in [2.45, 2.75) is 38.5 Å². The highest BCUT2D eigenvalue weighted by Gasteiger charge is 2.32. The number of carbonyl (C=O) groups excluding carboxylic acids is 2. The van der Waals surface area contributed by atoms with Gasteiger partial charge in [-0.1, -0.05) is 12.1 Å². The highest BCUT2D eigenvalue weighted by molar-refractivity contribution is 5.87. The van der Waals surface area contributed by atoms with Crippen molar-refractivity contribution in [3.63, 3.8) is 0 Å². The number of likely N-dealkylation sites (N-methyl/N-ethyl adjacent to an activating group) is 1. The number of nitrogens with two attached hydrogens (primary N) is 1. The van der Waals surface area contributed by atoms with Gasteiger partial charge in [0.25, 0.3) is 5.91 Å². The van der Waals surface area contributed by atoms with Crippen molar-refractivity contribution in [2.24, 2.45) is 5.73 Å². The van der Waals surface area contributed by atoms with Crippen molar-refractivity contribution >= 4 is 11.8 Å². The third-order valence-electron chi connectivity index (χ3n) is 4.08. The molecule has 6 nitrogen and oxygen atoms in total. The van der Waals surface area contributed by atoms with Gasteiger partial charge in [-0.15, -0.1) is 0 Å². The van der Waals surface area contributed by atoms with Crippen molar-refractivity contribution in [3.05, 3.63) is 35.6 Å². The van der Waals surface area contributed by atoms with E-state index in [1.807, 2.05) is 6.92 Å². The van der Waals surface area contributed by atoms with E-state index < -0.39 is 6.10 Å². The highest BCUT2D eigenvalue weighted by atomic mass is 19.1. The summed E-state index contributed by atoms with van der Waals surface area (Å²) in [6, 6.07) is 5.90. The van der Waals surface area contributed by atoms with Crippen molar-refractivity contribution in [3.8, 4) is 0 Å². The molecule has 1 aromatic rings. The number of nitrogens with zero attached hydrogens (tertiary/aromatic N) is 1. The van der Waals surface area contributed by atoms with Crippen LogP contribution in [0, 0.1) is 5.82 Å². The Kier molecular flexibility index (Phi) is 6.69. The fraction of sp³-hybridized carbons (Fsp3) is 0.529. The molecule has 1 aromatic carbocycles. The second-order valence-electron chi connectivity index (χ2n) is 5.82. The van der Waals surface area contributed by atoms with Crippen LogP contribution in [0.3, 0.4) is 0 Å². The average molecular weight is 337 g/mol. The zero-order valence-corrected chi connectivity index (χ0v) is 13.8. The Morgan fingerprint density at radius 3 is 2.62 bits per heavy atom. The lowest BCUT2D eigenvalue weighted by Gasteiger charge is -2.23. The minimum absolute atomic E-state index is 0.0241. The second-order valence-corrected chi connectivity index (χ2v) is 5.82. The molecule has 0 bridgehead atoms. The first-order chi connectivity index (χ1) is 11.5. The Hall–Kier alpha value is -1.99. The minimum atomic E-state index is -0.511. The van der Waals surface area contributed by atoms with Crippen LogP contribution in [0.5, 0.6) is 0 Å². The van der Waals surface area contributed by atoms with Gasteiger partial charge in [0, 0.05) is 19.6 Å². The molecule has 1 aliphatic heterocycles. The summed E-state index contributed by atoms with van der Waals surface area (Å²) in [4.78, 5) is 26.0. The van der Waals surface area contributed by atoms with Crippen LogP contribution in [-0.4, -0.2) is 48.6 Å². The van der Waals surface area contributed by atoms with Gasteiger partial charge >= 0.3 is 0 Å². The molecule has 1 heterocycles. The molecule has 1 aliphatic rings. The summed E-state index contributed by atoms with van der Waals surface area (Å²) in [5, 5.41) is 2.73. The minimum Gasteiger partial charge on any atom is -0.364 e. The van der Waals surface area contributed by atoms with E-state index in [-0.39, 0.29) is 30.3 Å². The van der Waals surface area contributed by atoms with Gasteiger partial charge in [-0.3, -0.25) is 9.59 Å². The number of hydrogen-bond acceptors (Lipinski definition) is 4. The SMILES string of the molecule is CCN(CC(=O)NCc1ccc(F)cc1)C(=O)[C@@H]1CC[C@H](CN)O1. The van der Waals surface area contributed by atoms with E-state index in [0.717, 1.165) is 12.0 Å². The lowest BCUT2D eigenvalue weighted by atomic mass is 10.2. The van der Waals surface area contributed by atoms with Crippen molar-refractivity contribution in [2.75, 3.05) is 19.6 Å². The molecule has 0 spiro atoms. The lowest BCUT2D eigenvalue weighted by Crippen LogP contribution is -2.45. The lowest BCUT2D eigenvalue weighted by molar-refractivity contribution is -0.145. The van der Waals surface area contributed by atoms with E-state index in [4.69, 9.17) is 10.5 Å². The highest BCUT2D eigenvalue weighted by Crippen LogP contribution is 2.20. The van der Waals surface area contributed by atoms with Crippen LogP contribution in [0.25, 0.3) is 0 Å². The van der Waals surface area contributed by atoms with Crippen molar-refractivity contribution < 1.29 is 18.7 Å². The molecule has 0 saturated carbocycles. The number of benzene rings is 1. The second kappa shape index (κ2) is 8.75. The predicted molar refractivity (Wildman–Crippen MR) is 87.5 cm³/mol.